The van der Waals surface area contributed by atoms with E-state index in [-0.39, 0.29) is 23.9 Å². The lowest BCUT2D eigenvalue weighted by atomic mass is 9.95. The second-order valence-corrected chi connectivity index (χ2v) is 6.69. The molecule has 4 rings (SSSR count). The van der Waals surface area contributed by atoms with Gasteiger partial charge in [-0.15, -0.1) is 0 Å². The van der Waals surface area contributed by atoms with Gasteiger partial charge < -0.3 is 19.6 Å². The molecule has 0 aromatic carbocycles. The van der Waals surface area contributed by atoms with Crippen LogP contribution in [0.4, 0.5) is 0 Å². The molecule has 2 atom stereocenters. The number of carbonyl (C=O) groups is 2. The number of piperidine rings is 1. The molecule has 134 valence electrons. The van der Waals surface area contributed by atoms with Crippen LogP contribution >= 0.6 is 0 Å². The minimum absolute atomic E-state index is 0.0232. The lowest BCUT2D eigenvalue weighted by molar-refractivity contribution is -0.123. The first-order valence-corrected chi connectivity index (χ1v) is 8.53. The third kappa shape index (κ3) is 2.94. The van der Waals surface area contributed by atoms with Crippen LogP contribution in [0.15, 0.2) is 37.1 Å². The molecule has 26 heavy (non-hydrogen) atoms. The van der Waals surface area contributed by atoms with Crippen LogP contribution in [-0.2, 0) is 11.8 Å². The number of imidazole rings is 2. The van der Waals surface area contributed by atoms with Crippen molar-refractivity contribution in [3.8, 4) is 0 Å². The van der Waals surface area contributed by atoms with Crippen molar-refractivity contribution in [3.05, 3.63) is 54.0 Å². The lowest BCUT2D eigenvalue weighted by Crippen LogP contribution is -2.50. The number of pyridine rings is 1. The molecule has 3 aromatic heterocycles. The summed E-state index contributed by atoms with van der Waals surface area (Å²) in [5.41, 5.74) is 3.03. The summed E-state index contributed by atoms with van der Waals surface area (Å²) in [6, 6.07) is 3.36. The van der Waals surface area contributed by atoms with Gasteiger partial charge in [0.1, 0.15) is 11.3 Å². The Morgan fingerprint density at radius 2 is 2.27 bits per heavy atom. The van der Waals surface area contributed by atoms with Crippen LogP contribution in [0.1, 0.15) is 40.6 Å². The zero-order valence-electron chi connectivity index (χ0n) is 14.6. The van der Waals surface area contributed by atoms with E-state index in [2.05, 4.69) is 20.6 Å². The number of nitrogens with one attached hydrogen (secondary N) is 2. The molecular weight excluding hydrogens is 332 g/mol. The quantitative estimate of drug-likeness (QED) is 0.739. The molecule has 8 heteroatoms. The van der Waals surface area contributed by atoms with Gasteiger partial charge in [0, 0.05) is 25.9 Å². The summed E-state index contributed by atoms with van der Waals surface area (Å²) in [4.78, 5) is 33.1. The molecule has 0 unspecified atom stereocenters. The summed E-state index contributed by atoms with van der Waals surface area (Å²) in [7, 11) is 1.87. The summed E-state index contributed by atoms with van der Waals surface area (Å²) < 4.78 is 3.67. The van der Waals surface area contributed by atoms with E-state index in [1.54, 1.807) is 18.7 Å². The highest BCUT2D eigenvalue weighted by atomic mass is 16.2. The van der Waals surface area contributed by atoms with Crippen LogP contribution in [0.5, 0.6) is 0 Å². The predicted molar refractivity (Wildman–Crippen MR) is 94.5 cm³/mol. The summed E-state index contributed by atoms with van der Waals surface area (Å²) in [5.74, 6) is -0.274. The van der Waals surface area contributed by atoms with Crippen LogP contribution in [0.25, 0.3) is 5.65 Å². The summed E-state index contributed by atoms with van der Waals surface area (Å²) in [6.45, 7) is 1.98. The van der Waals surface area contributed by atoms with Crippen molar-refractivity contribution >= 4 is 17.5 Å². The Labute approximate surface area is 150 Å². The Morgan fingerprint density at radius 1 is 1.42 bits per heavy atom. The summed E-state index contributed by atoms with van der Waals surface area (Å²) >= 11 is 0. The van der Waals surface area contributed by atoms with Gasteiger partial charge in [0.05, 0.1) is 30.3 Å². The Kier molecular flexibility index (Phi) is 3.95. The molecule has 0 spiro atoms. The molecule has 0 aliphatic carbocycles. The first-order valence-electron chi connectivity index (χ1n) is 8.53. The first kappa shape index (κ1) is 16.3. The fourth-order valence-corrected chi connectivity index (χ4v) is 3.34. The molecule has 3 aromatic rings. The summed E-state index contributed by atoms with van der Waals surface area (Å²) in [6.07, 6.45) is 7.93. The highest BCUT2D eigenvalue weighted by Gasteiger charge is 2.33. The molecule has 1 fully saturated rings. The van der Waals surface area contributed by atoms with Gasteiger partial charge >= 0.3 is 0 Å². The van der Waals surface area contributed by atoms with Crippen LogP contribution < -0.4 is 10.6 Å². The second-order valence-electron chi connectivity index (χ2n) is 6.69. The smallest absolute Gasteiger partial charge is 0.271 e. The molecular formula is C18H20N6O2. The van der Waals surface area contributed by atoms with Gasteiger partial charge in [-0.05, 0) is 31.0 Å². The van der Waals surface area contributed by atoms with Crippen molar-refractivity contribution in [3.63, 3.8) is 0 Å². The molecule has 2 amide bonds. The van der Waals surface area contributed by atoms with Crippen molar-refractivity contribution in [2.45, 2.75) is 31.8 Å². The van der Waals surface area contributed by atoms with Crippen molar-refractivity contribution in [1.29, 1.82) is 0 Å². The minimum Gasteiger partial charge on any atom is -0.346 e. The van der Waals surface area contributed by atoms with Crippen molar-refractivity contribution < 1.29 is 9.59 Å². The van der Waals surface area contributed by atoms with Gasteiger partial charge in [0.15, 0.2) is 0 Å². The average Bonchev–Trinajstić information content (AvgIpc) is 3.22. The highest BCUT2D eigenvalue weighted by Crippen LogP contribution is 2.24. The van der Waals surface area contributed by atoms with Gasteiger partial charge in [-0.25, -0.2) is 9.97 Å². The number of amides is 2. The topological polar surface area (TPSA) is 93.3 Å². The number of rotatable bonds is 3. The number of nitrogens with zero attached hydrogens (tertiary/aromatic N) is 4. The average molecular weight is 352 g/mol. The number of fused-ring (bicyclic) bond motifs is 1. The van der Waals surface area contributed by atoms with E-state index in [0.29, 0.717) is 18.5 Å². The van der Waals surface area contributed by atoms with Gasteiger partial charge in [-0.1, -0.05) is 0 Å². The SMILES string of the molecule is Cc1ccn2cc(C(=O)N[C@@H]3CCC(=O)N[C@H]3c3cncn3C)nc2c1. The minimum atomic E-state index is -0.313. The molecule has 2 N–H and O–H groups in total. The maximum absolute atomic E-state index is 12.7. The van der Waals surface area contributed by atoms with Gasteiger partial charge in [-0.3, -0.25) is 9.59 Å². The zero-order valence-corrected chi connectivity index (χ0v) is 14.6. The molecule has 1 aliphatic heterocycles. The van der Waals surface area contributed by atoms with Gasteiger partial charge in [-0.2, -0.15) is 0 Å². The lowest BCUT2D eigenvalue weighted by Gasteiger charge is -2.32. The third-order valence-electron chi connectivity index (χ3n) is 4.74. The maximum Gasteiger partial charge on any atom is 0.271 e. The van der Waals surface area contributed by atoms with E-state index in [9.17, 15) is 9.59 Å². The van der Waals surface area contributed by atoms with E-state index >= 15 is 0 Å². The van der Waals surface area contributed by atoms with E-state index in [1.165, 1.54) is 0 Å². The fourth-order valence-electron chi connectivity index (χ4n) is 3.34. The van der Waals surface area contributed by atoms with E-state index in [4.69, 9.17) is 0 Å². The number of hydrogen-bond acceptors (Lipinski definition) is 4. The Morgan fingerprint density at radius 3 is 3.04 bits per heavy atom. The van der Waals surface area contributed by atoms with Crippen molar-refractivity contribution in [2.24, 2.45) is 7.05 Å². The third-order valence-corrected chi connectivity index (χ3v) is 4.74. The number of aryl methyl sites for hydroxylation is 2. The van der Waals surface area contributed by atoms with Crippen molar-refractivity contribution in [2.75, 3.05) is 0 Å². The molecule has 4 heterocycles. The monoisotopic (exact) mass is 352 g/mol. The number of carbonyl (C=O) groups excluding carboxylic acids is 2. The predicted octanol–water partition coefficient (Wildman–Crippen LogP) is 1.13. The van der Waals surface area contributed by atoms with Crippen LogP contribution in [0.2, 0.25) is 0 Å². The molecule has 1 aliphatic rings. The maximum atomic E-state index is 12.7. The second kappa shape index (κ2) is 6.29. The molecule has 0 bridgehead atoms. The molecule has 0 saturated carbocycles. The van der Waals surface area contributed by atoms with E-state index in [1.807, 2.05) is 41.3 Å². The van der Waals surface area contributed by atoms with E-state index < -0.39 is 0 Å². The van der Waals surface area contributed by atoms with Gasteiger partial charge in [0.25, 0.3) is 5.91 Å². The normalized spacial score (nSPS) is 20.2. The van der Waals surface area contributed by atoms with Gasteiger partial charge in [0.2, 0.25) is 5.91 Å². The standard InChI is InChI=1S/C18H20N6O2/c1-11-5-6-24-9-13(20-15(24)7-11)18(26)21-12-3-4-16(25)22-17(12)14-8-19-10-23(14)2/h5-10,12,17H,3-4H2,1-2H3,(H,21,26)(H,22,25)/t12-,17-/m1/s1. The zero-order chi connectivity index (χ0) is 18.3. The fraction of sp³-hybridized carbons (Fsp3) is 0.333. The van der Waals surface area contributed by atoms with Crippen LogP contribution in [0.3, 0.4) is 0 Å². The van der Waals surface area contributed by atoms with Crippen molar-refractivity contribution in [1.82, 2.24) is 29.6 Å². The largest absolute Gasteiger partial charge is 0.346 e. The van der Waals surface area contributed by atoms with Crippen LogP contribution in [-0.4, -0.2) is 36.8 Å². The molecule has 8 nitrogen and oxygen atoms in total. The Balaban J connectivity index is 1.58. The highest BCUT2D eigenvalue weighted by molar-refractivity contribution is 5.93. The number of hydrogen-bond donors (Lipinski definition) is 2. The molecule has 1 saturated heterocycles. The number of aromatic nitrogens is 4. The molecule has 0 radical (unpaired) electrons. The summed E-state index contributed by atoms with van der Waals surface area (Å²) in [5, 5.41) is 5.99. The van der Waals surface area contributed by atoms with E-state index in [0.717, 1.165) is 16.9 Å². The Hall–Kier alpha value is -3.16. The first-order chi connectivity index (χ1) is 12.5. The Bertz CT molecular complexity index is 989. The van der Waals surface area contributed by atoms with Crippen LogP contribution in [0, 0.1) is 6.92 Å².